The number of likely N-dealkylation sites (N-methyl/N-ethyl adjacent to an activating group) is 1. The van der Waals surface area contributed by atoms with Gasteiger partial charge in [0.1, 0.15) is 7.11 Å². The van der Waals surface area contributed by atoms with Gasteiger partial charge in [0.25, 0.3) is 5.91 Å². The normalized spacial score (nSPS) is 11.5. The smallest absolute Gasteiger partial charge is 0.273 e. The van der Waals surface area contributed by atoms with Gasteiger partial charge in [-0.2, -0.15) is 0 Å². The number of nitrogens with one attached hydrogen (secondary N) is 1. The molecule has 0 radical (unpaired) electrons. The number of carbonyl (C=O) groups is 1. The molecule has 6 nitrogen and oxygen atoms in total. The maximum atomic E-state index is 11.6. The highest BCUT2D eigenvalue weighted by Gasteiger charge is 2.16. The van der Waals surface area contributed by atoms with Crippen molar-refractivity contribution in [1.82, 2.24) is 5.32 Å². The lowest BCUT2D eigenvalue weighted by Gasteiger charge is -2.06. The quantitative estimate of drug-likeness (QED) is 0.455. The minimum atomic E-state index is -0.384. The second-order valence-corrected chi connectivity index (χ2v) is 3.03. The van der Waals surface area contributed by atoms with Gasteiger partial charge < -0.3 is 15.4 Å². The SMILES string of the molecule is CNC(=O)/C(=N\OC)c1ccccc1/C=N/O. The Morgan fingerprint density at radius 2 is 2.18 bits per heavy atom. The highest BCUT2D eigenvalue weighted by molar-refractivity contribution is 6.46. The fourth-order valence-electron chi connectivity index (χ4n) is 1.31. The molecule has 0 fully saturated rings. The van der Waals surface area contributed by atoms with Crippen LogP contribution in [-0.2, 0) is 9.63 Å². The van der Waals surface area contributed by atoms with Crippen LogP contribution in [0, 0.1) is 0 Å². The van der Waals surface area contributed by atoms with Crippen molar-refractivity contribution in [2.45, 2.75) is 0 Å². The molecule has 17 heavy (non-hydrogen) atoms. The third-order valence-electron chi connectivity index (χ3n) is 2.04. The summed E-state index contributed by atoms with van der Waals surface area (Å²) in [5, 5.41) is 17.6. The van der Waals surface area contributed by atoms with Crippen molar-refractivity contribution in [3.05, 3.63) is 35.4 Å². The predicted octanol–water partition coefficient (Wildman–Crippen LogP) is 0.591. The van der Waals surface area contributed by atoms with Gasteiger partial charge in [0.15, 0.2) is 5.71 Å². The lowest BCUT2D eigenvalue weighted by molar-refractivity contribution is -0.114. The zero-order valence-electron chi connectivity index (χ0n) is 9.54. The first-order valence-corrected chi connectivity index (χ1v) is 4.84. The number of benzene rings is 1. The van der Waals surface area contributed by atoms with Crippen LogP contribution in [0.5, 0.6) is 0 Å². The van der Waals surface area contributed by atoms with Crippen LogP contribution in [0.25, 0.3) is 0 Å². The van der Waals surface area contributed by atoms with E-state index in [1.165, 1.54) is 20.4 Å². The monoisotopic (exact) mass is 235 g/mol. The first kappa shape index (κ1) is 12.7. The summed E-state index contributed by atoms with van der Waals surface area (Å²) in [4.78, 5) is 16.3. The Bertz CT molecular complexity index is 455. The van der Waals surface area contributed by atoms with Crippen molar-refractivity contribution in [1.29, 1.82) is 0 Å². The molecule has 0 aliphatic carbocycles. The predicted molar refractivity (Wildman–Crippen MR) is 63.4 cm³/mol. The third-order valence-corrected chi connectivity index (χ3v) is 2.04. The first-order chi connectivity index (χ1) is 8.24. The zero-order chi connectivity index (χ0) is 12.7. The molecule has 90 valence electrons. The molecular weight excluding hydrogens is 222 g/mol. The number of hydrogen-bond donors (Lipinski definition) is 2. The lowest BCUT2D eigenvalue weighted by Crippen LogP contribution is -2.29. The summed E-state index contributed by atoms with van der Waals surface area (Å²) in [6, 6.07) is 6.89. The van der Waals surface area contributed by atoms with Gasteiger partial charge in [-0.15, -0.1) is 0 Å². The molecule has 0 bridgehead atoms. The second kappa shape index (κ2) is 6.26. The highest BCUT2D eigenvalue weighted by atomic mass is 16.6. The van der Waals surface area contributed by atoms with Crippen molar-refractivity contribution < 1.29 is 14.8 Å². The molecule has 0 atom stereocenters. The molecule has 1 rings (SSSR count). The van der Waals surface area contributed by atoms with E-state index in [-0.39, 0.29) is 11.6 Å². The zero-order valence-corrected chi connectivity index (χ0v) is 9.54. The standard InChI is InChI=1S/C11H13N3O3/c1-12-11(15)10(14-17-2)9-6-4-3-5-8(9)7-13-16/h3-7,16H,1-2H3,(H,12,15)/b13-7+,14-10-. The van der Waals surface area contributed by atoms with Gasteiger partial charge in [0.05, 0.1) is 6.21 Å². The Balaban J connectivity index is 3.28. The Hall–Kier alpha value is -2.37. The molecule has 0 aromatic heterocycles. The Morgan fingerprint density at radius 3 is 2.76 bits per heavy atom. The van der Waals surface area contributed by atoms with Crippen LogP contribution >= 0.6 is 0 Å². The van der Waals surface area contributed by atoms with E-state index in [9.17, 15) is 4.79 Å². The minimum absolute atomic E-state index is 0.116. The number of carbonyl (C=O) groups excluding carboxylic acids is 1. The fourth-order valence-corrected chi connectivity index (χ4v) is 1.31. The van der Waals surface area contributed by atoms with Crippen LogP contribution in [0.15, 0.2) is 34.6 Å². The lowest BCUT2D eigenvalue weighted by atomic mass is 10.0. The van der Waals surface area contributed by atoms with E-state index in [4.69, 9.17) is 5.21 Å². The van der Waals surface area contributed by atoms with E-state index >= 15 is 0 Å². The Morgan fingerprint density at radius 1 is 1.47 bits per heavy atom. The molecule has 0 saturated carbocycles. The van der Waals surface area contributed by atoms with Crippen LogP contribution in [0.3, 0.4) is 0 Å². The van der Waals surface area contributed by atoms with Crippen molar-refractivity contribution in [3.63, 3.8) is 0 Å². The van der Waals surface area contributed by atoms with Crippen LogP contribution in [0.4, 0.5) is 0 Å². The van der Waals surface area contributed by atoms with Crippen LogP contribution in [0.1, 0.15) is 11.1 Å². The first-order valence-electron chi connectivity index (χ1n) is 4.84. The topological polar surface area (TPSA) is 83.3 Å². The van der Waals surface area contributed by atoms with Crippen LogP contribution < -0.4 is 5.32 Å². The minimum Gasteiger partial charge on any atom is -0.411 e. The second-order valence-electron chi connectivity index (χ2n) is 3.03. The molecule has 0 saturated heterocycles. The van der Waals surface area contributed by atoms with Crippen molar-refractivity contribution in [3.8, 4) is 0 Å². The van der Waals surface area contributed by atoms with Crippen molar-refractivity contribution in [2.24, 2.45) is 10.3 Å². The maximum absolute atomic E-state index is 11.6. The summed E-state index contributed by atoms with van der Waals surface area (Å²) < 4.78 is 0. The molecule has 1 aromatic carbocycles. The van der Waals surface area contributed by atoms with Crippen molar-refractivity contribution >= 4 is 17.8 Å². The summed E-state index contributed by atoms with van der Waals surface area (Å²) in [6.07, 6.45) is 1.23. The molecule has 1 aromatic rings. The fraction of sp³-hybridized carbons (Fsp3) is 0.182. The van der Waals surface area contributed by atoms with Gasteiger partial charge >= 0.3 is 0 Å². The average molecular weight is 235 g/mol. The van der Waals surface area contributed by atoms with E-state index in [1.54, 1.807) is 24.3 Å². The van der Waals surface area contributed by atoms with Crippen LogP contribution in [0.2, 0.25) is 0 Å². The van der Waals surface area contributed by atoms with Gasteiger partial charge in [-0.25, -0.2) is 0 Å². The number of amides is 1. The summed E-state index contributed by atoms with van der Waals surface area (Å²) >= 11 is 0. The van der Waals surface area contributed by atoms with Gasteiger partial charge in [0, 0.05) is 18.2 Å². The molecule has 0 unspecified atom stereocenters. The summed E-state index contributed by atoms with van der Waals surface area (Å²) in [5.74, 6) is -0.384. The largest absolute Gasteiger partial charge is 0.411 e. The summed E-state index contributed by atoms with van der Waals surface area (Å²) in [6.45, 7) is 0. The number of hydrogen-bond acceptors (Lipinski definition) is 5. The van der Waals surface area contributed by atoms with Gasteiger partial charge in [-0.05, 0) is 0 Å². The molecule has 6 heteroatoms. The molecule has 0 spiro atoms. The third kappa shape index (κ3) is 3.04. The number of rotatable bonds is 4. The van der Waals surface area contributed by atoms with E-state index in [0.717, 1.165) is 0 Å². The molecule has 1 amide bonds. The molecular formula is C11H13N3O3. The van der Waals surface area contributed by atoms with Crippen LogP contribution in [-0.4, -0.2) is 37.2 Å². The molecule has 0 aliphatic heterocycles. The maximum Gasteiger partial charge on any atom is 0.273 e. The molecule has 2 N–H and O–H groups in total. The Kier molecular flexibility index (Phi) is 4.68. The summed E-state index contributed by atoms with van der Waals surface area (Å²) in [5.41, 5.74) is 1.20. The molecule has 0 heterocycles. The summed E-state index contributed by atoms with van der Waals surface area (Å²) in [7, 11) is 2.85. The van der Waals surface area contributed by atoms with E-state index in [0.29, 0.717) is 11.1 Å². The van der Waals surface area contributed by atoms with Crippen molar-refractivity contribution in [2.75, 3.05) is 14.2 Å². The number of oxime groups is 2. The Labute approximate surface area is 98.6 Å². The van der Waals surface area contributed by atoms with E-state index < -0.39 is 0 Å². The van der Waals surface area contributed by atoms with Gasteiger partial charge in [-0.3, -0.25) is 4.79 Å². The average Bonchev–Trinajstić information content (AvgIpc) is 2.36. The molecule has 0 aliphatic rings. The highest BCUT2D eigenvalue weighted by Crippen LogP contribution is 2.08. The van der Waals surface area contributed by atoms with Gasteiger partial charge in [0.2, 0.25) is 0 Å². The van der Waals surface area contributed by atoms with E-state index in [2.05, 4.69) is 20.5 Å². The number of nitrogens with zero attached hydrogens (tertiary/aromatic N) is 2. The van der Waals surface area contributed by atoms with E-state index in [1.807, 2.05) is 0 Å². The van der Waals surface area contributed by atoms with Gasteiger partial charge in [-0.1, -0.05) is 34.6 Å².